The van der Waals surface area contributed by atoms with Gasteiger partial charge in [-0.3, -0.25) is 4.90 Å². The molecule has 3 aliphatic rings. The van der Waals surface area contributed by atoms with Crippen LogP contribution < -0.4 is 5.32 Å². The number of para-hydroxylation sites is 1. The maximum atomic E-state index is 11.0. The average Bonchev–Trinajstić information content (AvgIpc) is 3.02. The fourth-order valence-corrected chi connectivity index (χ4v) is 4.15. The molecule has 0 aromatic heterocycles. The van der Waals surface area contributed by atoms with Crippen molar-refractivity contribution in [2.75, 3.05) is 19.7 Å². The number of ether oxygens (including phenoxy) is 2. The zero-order valence-corrected chi connectivity index (χ0v) is 13.8. The number of aliphatic hydroxyl groups is 1. The first-order valence-corrected chi connectivity index (χ1v) is 8.93. The molecule has 132 valence electrons. The molecule has 5 unspecified atom stereocenters. The highest BCUT2D eigenvalue weighted by Gasteiger charge is 2.51. The van der Waals surface area contributed by atoms with E-state index < -0.39 is 6.10 Å². The molecule has 3 heterocycles. The van der Waals surface area contributed by atoms with Crippen molar-refractivity contribution in [3.63, 3.8) is 0 Å². The number of piperidine rings is 1. The smallest absolute Gasteiger partial charge is 0.176 e. The SMILES string of the molecule is Oc1ccccc1CNC1C2COC(O2)C(N2CCCCC2)C1O. The number of phenolic OH excluding ortho intramolecular Hbond substituents is 1. The number of fused-ring (bicyclic) bond motifs is 2. The first kappa shape index (κ1) is 16.3. The number of hydrogen-bond acceptors (Lipinski definition) is 6. The third kappa shape index (κ3) is 3.05. The Morgan fingerprint density at radius 1 is 1.17 bits per heavy atom. The van der Waals surface area contributed by atoms with Gasteiger partial charge in [-0.25, -0.2) is 0 Å². The Morgan fingerprint density at radius 3 is 2.75 bits per heavy atom. The van der Waals surface area contributed by atoms with E-state index in [1.54, 1.807) is 12.1 Å². The molecule has 3 fully saturated rings. The van der Waals surface area contributed by atoms with E-state index in [-0.39, 0.29) is 30.2 Å². The molecule has 5 atom stereocenters. The van der Waals surface area contributed by atoms with Crippen LogP contribution in [-0.2, 0) is 16.0 Å². The maximum Gasteiger partial charge on any atom is 0.176 e. The fraction of sp³-hybridized carbons (Fsp3) is 0.667. The highest BCUT2D eigenvalue weighted by molar-refractivity contribution is 5.31. The highest BCUT2D eigenvalue weighted by atomic mass is 16.7. The minimum atomic E-state index is -0.541. The third-order valence-electron chi connectivity index (χ3n) is 5.46. The summed E-state index contributed by atoms with van der Waals surface area (Å²) in [7, 11) is 0. The summed E-state index contributed by atoms with van der Waals surface area (Å²) in [4.78, 5) is 2.31. The van der Waals surface area contributed by atoms with Gasteiger partial charge < -0.3 is 25.0 Å². The predicted molar refractivity (Wildman–Crippen MR) is 88.6 cm³/mol. The number of benzene rings is 1. The van der Waals surface area contributed by atoms with Gasteiger partial charge in [-0.05, 0) is 32.0 Å². The lowest BCUT2D eigenvalue weighted by molar-refractivity contribution is -0.184. The van der Waals surface area contributed by atoms with Crippen LogP contribution in [0.2, 0.25) is 0 Å². The molecule has 3 aliphatic heterocycles. The number of aromatic hydroxyl groups is 1. The molecule has 24 heavy (non-hydrogen) atoms. The summed E-state index contributed by atoms with van der Waals surface area (Å²) in [6, 6.07) is 6.95. The van der Waals surface area contributed by atoms with Crippen molar-refractivity contribution in [3.8, 4) is 5.75 Å². The number of likely N-dealkylation sites (tertiary alicyclic amines) is 1. The van der Waals surface area contributed by atoms with E-state index in [0.717, 1.165) is 31.5 Å². The molecule has 0 amide bonds. The third-order valence-corrected chi connectivity index (χ3v) is 5.46. The van der Waals surface area contributed by atoms with Crippen LogP contribution in [0.25, 0.3) is 0 Å². The standard InChI is InChI=1S/C18H26N2O4/c21-13-7-3-2-6-12(13)10-19-15-14-11-23-18(24-14)16(17(15)22)20-8-4-1-5-9-20/h2-3,6-7,14-19,21-22H,1,4-5,8-11H2. The van der Waals surface area contributed by atoms with Gasteiger partial charge in [0.05, 0.1) is 24.8 Å². The Labute approximate surface area is 142 Å². The molecule has 0 saturated carbocycles. The van der Waals surface area contributed by atoms with Crippen LogP contribution >= 0.6 is 0 Å². The molecule has 4 rings (SSSR count). The van der Waals surface area contributed by atoms with Crippen LogP contribution in [-0.4, -0.2) is 65.4 Å². The summed E-state index contributed by atoms with van der Waals surface area (Å²) in [5.41, 5.74) is 0.820. The van der Waals surface area contributed by atoms with Crippen LogP contribution in [0.3, 0.4) is 0 Å². The zero-order chi connectivity index (χ0) is 16.5. The molecular weight excluding hydrogens is 308 g/mol. The van der Waals surface area contributed by atoms with Gasteiger partial charge >= 0.3 is 0 Å². The summed E-state index contributed by atoms with van der Waals surface area (Å²) >= 11 is 0. The van der Waals surface area contributed by atoms with Crippen molar-refractivity contribution in [3.05, 3.63) is 29.8 Å². The average molecular weight is 334 g/mol. The molecule has 0 radical (unpaired) electrons. The number of hydrogen-bond donors (Lipinski definition) is 3. The number of nitrogens with zero attached hydrogens (tertiary/aromatic N) is 1. The topological polar surface area (TPSA) is 74.2 Å². The van der Waals surface area contributed by atoms with Crippen LogP contribution in [0.15, 0.2) is 24.3 Å². The Bertz CT molecular complexity index is 564. The van der Waals surface area contributed by atoms with Gasteiger partial charge in [-0.15, -0.1) is 0 Å². The second-order valence-corrected chi connectivity index (χ2v) is 6.99. The number of phenols is 1. The van der Waals surface area contributed by atoms with Crippen LogP contribution in [0.1, 0.15) is 24.8 Å². The van der Waals surface area contributed by atoms with Gasteiger partial charge in [0.15, 0.2) is 6.29 Å². The molecule has 1 aromatic rings. The highest BCUT2D eigenvalue weighted by Crippen LogP contribution is 2.33. The Morgan fingerprint density at radius 2 is 1.96 bits per heavy atom. The van der Waals surface area contributed by atoms with E-state index in [9.17, 15) is 10.2 Å². The Hall–Kier alpha value is -1.18. The zero-order valence-electron chi connectivity index (χ0n) is 13.8. The monoisotopic (exact) mass is 334 g/mol. The van der Waals surface area contributed by atoms with E-state index in [2.05, 4.69) is 10.2 Å². The van der Waals surface area contributed by atoms with E-state index in [1.807, 2.05) is 12.1 Å². The van der Waals surface area contributed by atoms with Gasteiger partial charge in [-0.2, -0.15) is 0 Å². The van der Waals surface area contributed by atoms with Crippen molar-refractivity contribution in [2.24, 2.45) is 0 Å². The number of nitrogens with one attached hydrogen (secondary N) is 1. The lowest BCUT2D eigenvalue weighted by atomic mass is 9.93. The van der Waals surface area contributed by atoms with Crippen molar-refractivity contribution < 1.29 is 19.7 Å². The predicted octanol–water partition coefficient (Wildman–Crippen LogP) is 0.821. The van der Waals surface area contributed by atoms with Crippen molar-refractivity contribution in [1.82, 2.24) is 10.2 Å². The molecule has 3 saturated heterocycles. The van der Waals surface area contributed by atoms with Gasteiger partial charge in [0.2, 0.25) is 0 Å². The lowest BCUT2D eigenvalue weighted by Gasteiger charge is -2.45. The molecule has 6 heteroatoms. The number of aliphatic hydroxyl groups excluding tert-OH is 1. The second-order valence-electron chi connectivity index (χ2n) is 6.99. The summed E-state index contributed by atoms with van der Waals surface area (Å²) in [6.45, 7) is 2.97. The fourth-order valence-electron chi connectivity index (χ4n) is 4.15. The summed E-state index contributed by atoms with van der Waals surface area (Å²) < 4.78 is 11.8. The van der Waals surface area contributed by atoms with E-state index in [0.29, 0.717) is 13.2 Å². The molecule has 0 aliphatic carbocycles. The quantitative estimate of drug-likeness (QED) is 0.757. The molecule has 2 bridgehead atoms. The first-order chi connectivity index (χ1) is 11.7. The summed E-state index contributed by atoms with van der Waals surface area (Å²) in [6.07, 6.45) is 2.57. The van der Waals surface area contributed by atoms with Crippen molar-refractivity contribution in [2.45, 2.75) is 56.4 Å². The summed E-state index contributed by atoms with van der Waals surface area (Å²) in [5.74, 6) is 0.268. The lowest BCUT2D eigenvalue weighted by Crippen LogP contribution is -2.64. The van der Waals surface area contributed by atoms with Crippen LogP contribution in [0, 0.1) is 0 Å². The molecule has 3 N–H and O–H groups in total. The van der Waals surface area contributed by atoms with Gasteiger partial charge in [0, 0.05) is 12.1 Å². The maximum absolute atomic E-state index is 11.0. The molecule has 6 nitrogen and oxygen atoms in total. The van der Waals surface area contributed by atoms with Crippen LogP contribution in [0.5, 0.6) is 5.75 Å². The van der Waals surface area contributed by atoms with Gasteiger partial charge in [0.1, 0.15) is 11.9 Å². The van der Waals surface area contributed by atoms with E-state index in [1.165, 1.54) is 6.42 Å². The molecule has 1 aromatic carbocycles. The minimum Gasteiger partial charge on any atom is -0.508 e. The van der Waals surface area contributed by atoms with Gasteiger partial charge in [-0.1, -0.05) is 24.6 Å². The molecular formula is C18H26N2O4. The number of rotatable bonds is 4. The van der Waals surface area contributed by atoms with Crippen LogP contribution in [0.4, 0.5) is 0 Å². The summed E-state index contributed by atoms with van der Waals surface area (Å²) in [5, 5.41) is 24.3. The van der Waals surface area contributed by atoms with E-state index >= 15 is 0 Å². The van der Waals surface area contributed by atoms with Gasteiger partial charge in [0.25, 0.3) is 0 Å². The minimum absolute atomic E-state index is 0.120. The van der Waals surface area contributed by atoms with Crippen molar-refractivity contribution in [1.29, 1.82) is 0 Å². The largest absolute Gasteiger partial charge is 0.508 e. The Kier molecular flexibility index (Phi) is 4.74. The normalized spacial score (nSPS) is 36.8. The first-order valence-electron chi connectivity index (χ1n) is 8.93. The van der Waals surface area contributed by atoms with E-state index in [4.69, 9.17) is 9.47 Å². The van der Waals surface area contributed by atoms with Crippen molar-refractivity contribution >= 4 is 0 Å². The second kappa shape index (κ2) is 6.98. The molecule has 0 spiro atoms. The Balaban J connectivity index is 1.47.